The summed E-state index contributed by atoms with van der Waals surface area (Å²) in [5, 5.41) is 4.44. The molecule has 1 aliphatic carbocycles. The highest BCUT2D eigenvalue weighted by Gasteiger charge is 2.52. The van der Waals surface area contributed by atoms with Crippen LogP contribution in [-0.2, 0) is 20.9 Å². The lowest BCUT2D eigenvalue weighted by atomic mass is 9.98. The van der Waals surface area contributed by atoms with Gasteiger partial charge >= 0.3 is 12.0 Å². The third kappa shape index (κ3) is 2.75. The van der Waals surface area contributed by atoms with E-state index in [0.717, 1.165) is 17.7 Å². The number of hydrogen-bond donors (Lipinski definition) is 1. The number of aromatic nitrogens is 2. The van der Waals surface area contributed by atoms with Gasteiger partial charge in [-0.05, 0) is 12.8 Å². The highest BCUT2D eigenvalue weighted by Crippen LogP contribution is 2.34. The van der Waals surface area contributed by atoms with Gasteiger partial charge in [-0.3, -0.25) is 23.7 Å². The van der Waals surface area contributed by atoms with Gasteiger partial charge in [0.2, 0.25) is 0 Å². The van der Waals surface area contributed by atoms with Crippen LogP contribution >= 0.6 is 11.3 Å². The lowest BCUT2D eigenvalue weighted by Crippen LogP contribution is -2.44. The Balaban J connectivity index is 1.40. The van der Waals surface area contributed by atoms with E-state index in [-0.39, 0.29) is 18.1 Å². The Kier molecular flexibility index (Phi) is 3.98. The number of nitrogens with zero attached hydrogens (tertiary/aromatic N) is 3. The van der Waals surface area contributed by atoms with Gasteiger partial charge in [0, 0.05) is 17.6 Å². The number of thiazole rings is 1. The number of imide groups is 1. The lowest BCUT2D eigenvalue weighted by molar-refractivity contribution is -0.148. The second-order valence-electron chi connectivity index (χ2n) is 6.41. The fourth-order valence-corrected chi connectivity index (χ4v) is 4.17. The van der Waals surface area contributed by atoms with E-state index in [1.165, 1.54) is 21.8 Å². The number of urea groups is 1. The molecule has 0 atom stereocenters. The summed E-state index contributed by atoms with van der Waals surface area (Å²) in [5.74, 6) is -1.09. The van der Waals surface area contributed by atoms with Crippen LogP contribution in [0.4, 0.5) is 4.79 Å². The summed E-state index contributed by atoms with van der Waals surface area (Å²) in [6.07, 6.45) is 4.55. The molecular weight excluding hydrogens is 360 g/mol. The maximum absolute atomic E-state index is 12.5. The molecule has 1 saturated carbocycles. The topological polar surface area (TPSA) is 110 Å². The Hall–Kier alpha value is -2.75. The first-order valence-electron chi connectivity index (χ1n) is 8.24. The molecule has 9 nitrogen and oxygen atoms in total. The standard InChI is InChI=1S/C16H16N4O5S/c21-11-7-10(17-15-19(11)5-6-26-15)9-25-12(22)8-20-13(23)16(18-14(20)24)3-1-2-4-16/h5-7H,1-4,8-9H2,(H,18,24). The average molecular weight is 376 g/mol. The minimum atomic E-state index is -0.849. The maximum Gasteiger partial charge on any atom is 0.326 e. The van der Waals surface area contributed by atoms with Gasteiger partial charge in [0.05, 0.1) is 5.69 Å². The summed E-state index contributed by atoms with van der Waals surface area (Å²) in [7, 11) is 0. The molecule has 3 amide bonds. The van der Waals surface area contributed by atoms with Crippen LogP contribution in [0.1, 0.15) is 31.4 Å². The van der Waals surface area contributed by atoms with Gasteiger partial charge in [0.25, 0.3) is 11.5 Å². The van der Waals surface area contributed by atoms with E-state index in [1.807, 2.05) is 0 Å². The van der Waals surface area contributed by atoms with Crippen LogP contribution in [0.25, 0.3) is 4.96 Å². The van der Waals surface area contributed by atoms with Crippen molar-refractivity contribution in [3.05, 3.63) is 33.7 Å². The van der Waals surface area contributed by atoms with Crippen LogP contribution < -0.4 is 10.9 Å². The summed E-state index contributed by atoms with van der Waals surface area (Å²) in [4.78, 5) is 54.1. The van der Waals surface area contributed by atoms with Crippen molar-refractivity contribution in [2.75, 3.05) is 6.54 Å². The quantitative estimate of drug-likeness (QED) is 0.620. The smallest absolute Gasteiger partial charge is 0.326 e. The van der Waals surface area contributed by atoms with Crippen molar-refractivity contribution in [1.82, 2.24) is 19.6 Å². The number of amides is 3. The second kappa shape index (κ2) is 6.20. The van der Waals surface area contributed by atoms with Gasteiger partial charge in [-0.15, -0.1) is 11.3 Å². The van der Waals surface area contributed by atoms with E-state index in [9.17, 15) is 19.2 Å². The predicted molar refractivity (Wildman–Crippen MR) is 90.6 cm³/mol. The highest BCUT2D eigenvalue weighted by atomic mass is 32.1. The summed E-state index contributed by atoms with van der Waals surface area (Å²) in [5.41, 5.74) is -0.799. The zero-order valence-electron chi connectivity index (χ0n) is 13.8. The summed E-state index contributed by atoms with van der Waals surface area (Å²) in [6, 6.07) is 0.721. The molecule has 2 aromatic heterocycles. The Labute approximate surface area is 151 Å². The number of hydrogen-bond acceptors (Lipinski definition) is 7. The van der Waals surface area contributed by atoms with Gasteiger partial charge < -0.3 is 10.1 Å². The molecule has 136 valence electrons. The number of esters is 1. The normalized spacial score (nSPS) is 18.7. The van der Waals surface area contributed by atoms with Crippen LogP contribution in [0.15, 0.2) is 22.4 Å². The van der Waals surface area contributed by atoms with Crippen molar-refractivity contribution >= 4 is 34.2 Å². The predicted octanol–water partition coefficient (Wildman–Crippen LogP) is 0.664. The average Bonchev–Trinajstić information content (AvgIpc) is 3.31. The van der Waals surface area contributed by atoms with Gasteiger partial charge in [0.15, 0.2) is 4.96 Å². The van der Waals surface area contributed by atoms with Gasteiger partial charge in [0.1, 0.15) is 18.7 Å². The monoisotopic (exact) mass is 376 g/mol. The third-order valence-corrected chi connectivity index (χ3v) is 5.48. The number of carbonyl (C=O) groups excluding carboxylic acids is 3. The van der Waals surface area contributed by atoms with E-state index in [1.54, 1.807) is 11.6 Å². The molecule has 3 heterocycles. The molecule has 0 bridgehead atoms. The fourth-order valence-electron chi connectivity index (χ4n) is 3.43. The van der Waals surface area contributed by atoms with Gasteiger partial charge in [-0.2, -0.15) is 0 Å². The van der Waals surface area contributed by atoms with E-state index in [0.29, 0.717) is 23.5 Å². The molecule has 4 rings (SSSR count). The minimum Gasteiger partial charge on any atom is -0.458 e. The van der Waals surface area contributed by atoms with Crippen LogP contribution in [0, 0.1) is 0 Å². The molecule has 2 aliphatic rings. The molecule has 0 aromatic carbocycles. The highest BCUT2D eigenvalue weighted by molar-refractivity contribution is 7.15. The molecule has 1 N–H and O–H groups in total. The number of nitrogens with one attached hydrogen (secondary N) is 1. The van der Waals surface area contributed by atoms with Crippen molar-refractivity contribution < 1.29 is 19.1 Å². The molecule has 0 radical (unpaired) electrons. The van der Waals surface area contributed by atoms with Crippen molar-refractivity contribution in [3.63, 3.8) is 0 Å². The van der Waals surface area contributed by atoms with Crippen LogP contribution in [-0.4, -0.2) is 44.3 Å². The zero-order valence-corrected chi connectivity index (χ0v) is 14.6. The van der Waals surface area contributed by atoms with Gasteiger partial charge in [-0.1, -0.05) is 12.8 Å². The van der Waals surface area contributed by atoms with Gasteiger partial charge in [-0.25, -0.2) is 9.78 Å². The second-order valence-corrected chi connectivity index (χ2v) is 7.29. The Bertz CT molecular complexity index is 959. The molecule has 2 aromatic rings. The number of ether oxygens (including phenoxy) is 1. The lowest BCUT2D eigenvalue weighted by Gasteiger charge is -2.19. The SMILES string of the molecule is O=C(CN1C(=O)NC2(CCCC2)C1=O)OCc1cc(=O)n2ccsc2n1. The summed E-state index contributed by atoms with van der Waals surface area (Å²) in [6.45, 7) is -0.649. The molecule has 2 fully saturated rings. The summed E-state index contributed by atoms with van der Waals surface area (Å²) < 4.78 is 6.49. The van der Waals surface area contributed by atoms with Crippen molar-refractivity contribution in [2.45, 2.75) is 37.8 Å². The first kappa shape index (κ1) is 16.7. The molecule has 1 saturated heterocycles. The maximum atomic E-state index is 12.5. The van der Waals surface area contributed by atoms with Crippen molar-refractivity contribution in [2.24, 2.45) is 0 Å². The Morgan fingerprint density at radius 1 is 1.31 bits per heavy atom. The molecule has 1 aliphatic heterocycles. The van der Waals surface area contributed by atoms with Crippen LogP contribution in [0.2, 0.25) is 0 Å². The number of fused-ring (bicyclic) bond motifs is 1. The van der Waals surface area contributed by atoms with E-state index in [2.05, 4.69) is 10.3 Å². The Morgan fingerprint density at radius 2 is 2.08 bits per heavy atom. The molecule has 1 spiro atoms. The summed E-state index contributed by atoms with van der Waals surface area (Å²) >= 11 is 1.29. The minimum absolute atomic E-state index is 0.197. The fraction of sp³-hybridized carbons (Fsp3) is 0.438. The zero-order chi connectivity index (χ0) is 18.3. The van der Waals surface area contributed by atoms with E-state index >= 15 is 0 Å². The molecular formula is C16H16N4O5S. The van der Waals surface area contributed by atoms with Crippen molar-refractivity contribution in [1.29, 1.82) is 0 Å². The third-order valence-electron chi connectivity index (χ3n) is 4.73. The first-order chi connectivity index (χ1) is 12.5. The molecule has 0 unspecified atom stereocenters. The largest absolute Gasteiger partial charge is 0.458 e. The Morgan fingerprint density at radius 3 is 2.85 bits per heavy atom. The van der Waals surface area contributed by atoms with Crippen molar-refractivity contribution in [3.8, 4) is 0 Å². The molecule has 10 heteroatoms. The number of rotatable bonds is 4. The molecule has 26 heavy (non-hydrogen) atoms. The van der Waals surface area contributed by atoms with E-state index in [4.69, 9.17) is 4.74 Å². The number of carbonyl (C=O) groups is 3. The van der Waals surface area contributed by atoms with Crippen LogP contribution in [0.5, 0.6) is 0 Å². The van der Waals surface area contributed by atoms with E-state index < -0.39 is 24.1 Å². The first-order valence-corrected chi connectivity index (χ1v) is 9.12. The van der Waals surface area contributed by atoms with Crippen LogP contribution in [0.3, 0.4) is 0 Å².